The van der Waals surface area contributed by atoms with Gasteiger partial charge in [-0.15, -0.1) is 11.3 Å². The Morgan fingerprint density at radius 1 is 1.19 bits per heavy atom. The lowest BCUT2D eigenvalue weighted by molar-refractivity contribution is -0.129. The molecule has 0 spiro atoms. The number of rotatable bonds is 4. The Hall–Kier alpha value is -2.12. The van der Waals surface area contributed by atoms with Gasteiger partial charge in [-0.1, -0.05) is 48.9 Å². The Balaban J connectivity index is 1.41. The summed E-state index contributed by atoms with van der Waals surface area (Å²) in [5.74, 6) is 0.432. The van der Waals surface area contributed by atoms with Gasteiger partial charge in [-0.05, 0) is 49.8 Å². The monoisotopic (exact) mass is 453 g/mol. The number of amides is 1. The van der Waals surface area contributed by atoms with Crippen LogP contribution >= 0.6 is 23.1 Å². The summed E-state index contributed by atoms with van der Waals surface area (Å²) in [6.45, 7) is 5.48. The molecule has 5 nitrogen and oxygen atoms in total. The molecule has 0 N–H and O–H groups in total. The zero-order valence-electron chi connectivity index (χ0n) is 18.0. The van der Waals surface area contributed by atoms with Crippen molar-refractivity contribution < 1.29 is 4.79 Å². The summed E-state index contributed by atoms with van der Waals surface area (Å²) in [4.78, 5) is 35.3. The second-order valence-electron chi connectivity index (χ2n) is 8.59. The summed E-state index contributed by atoms with van der Waals surface area (Å²) >= 11 is 3.01. The van der Waals surface area contributed by atoms with E-state index in [-0.39, 0.29) is 17.5 Å². The number of carbonyl (C=O) groups is 1. The van der Waals surface area contributed by atoms with Crippen LogP contribution in [0.15, 0.2) is 34.2 Å². The van der Waals surface area contributed by atoms with Gasteiger partial charge < -0.3 is 4.90 Å². The predicted molar refractivity (Wildman–Crippen MR) is 127 cm³/mol. The maximum absolute atomic E-state index is 13.5. The third kappa shape index (κ3) is 3.82. The Morgan fingerprint density at radius 3 is 2.71 bits per heavy atom. The minimum atomic E-state index is 0.0700. The smallest absolute Gasteiger partial charge is 0.263 e. The van der Waals surface area contributed by atoms with E-state index in [1.54, 1.807) is 11.3 Å². The fourth-order valence-corrected chi connectivity index (χ4v) is 6.84. The van der Waals surface area contributed by atoms with Gasteiger partial charge in [0.25, 0.3) is 5.56 Å². The maximum atomic E-state index is 13.5. The van der Waals surface area contributed by atoms with Crippen LogP contribution in [0, 0.1) is 13.8 Å². The molecule has 0 atom stereocenters. The molecule has 1 aliphatic heterocycles. The van der Waals surface area contributed by atoms with Gasteiger partial charge in [0.1, 0.15) is 4.83 Å². The average Bonchev–Trinajstić information content (AvgIpc) is 3.40. The Morgan fingerprint density at radius 2 is 1.94 bits per heavy atom. The molecule has 7 heteroatoms. The van der Waals surface area contributed by atoms with Crippen molar-refractivity contribution in [2.45, 2.75) is 63.7 Å². The number of aromatic nitrogens is 2. The van der Waals surface area contributed by atoms with Crippen molar-refractivity contribution in [3.8, 4) is 0 Å². The van der Waals surface area contributed by atoms with Gasteiger partial charge in [-0.3, -0.25) is 14.2 Å². The highest BCUT2D eigenvalue weighted by molar-refractivity contribution is 7.99. The third-order valence-corrected chi connectivity index (χ3v) is 8.74. The number of thioether (sulfide) groups is 1. The molecular weight excluding hydrogens is 426 g/mol. The van der Waals surface area contributed by atoms with Crippen molar-refractivity contribution in [3.05, 3.63) is 56.2 Å². The minimum Gasteiger partial charge on any atom is -0.337 e. The van der Waals surface area contributed by atoms with Crippen LogP contribution in [0.5, 0.6) is 0 Å². The molecular formula is C24H27N3O2S2. The minimum absolute atomic E-state index is 0.0700. The van der Waals surface area contributed by atoms with Gasteiger partial charge in [0.15, 0.2) is 5.16 Å². The van der Waals surface area contributed by atoms with E-state index < -0.39 is 0 Å². The molecule has 0 radical (unpaired) electrons. The number of benzene rings is 1. The molecule has 2 aromatic heterocycles. The predicted octanol–water partition coefficient (Wildman–Crippen LogP) is 4.87. The van der Waals surface area contributed by atoms with Gasteiger partial charge in [0, 0.05) is 24.0 Å². The standard InChI is InChI=1S/C24H27N3O2S2/c1-15-16(2)31-22-21(15)23(29)27(19-9-5-6-10-19)24(25-22)30-14-20(28)26-12-11-17-7-3-4-8-18(17)13-26/h3-4,7-8,19H,5-6,9-14H2,1-2H3. The van der Waals surface area contributed by atoms with Crippen LogP contribution in [0.3, 0.4) is 0 Å². The molecule has 1 aromatic carbocycles. The fourth-order valence-electron chi connectivity index (χ4n) is 4.80. The first-order valence-corrected chi connectivity index (χ1v) is 12.8. The number of thiophene rings is 1. The summed E-state index contributed by atoms with van der Waals surface area (Å²) in [5, 5.41) is 1.47. The van der Waals surface area contributed by atoms with E-state index in [2.05, 4.69) is 18.2 Å². The largest absolute Gasteiger partial charge is 0.337 e. The maximum Gasteiger partial charge on any atom is 0.263 e. The van der Waals surface area contributed by atoms with Crippen LogP contribution in [0.25, 0.3) is 10.2 Å². The van der Waals surface area contributed by atoms with Gasteiger partial charge in [-0.2, -0.15) is 0 Å². The summed E-state index contributed by atoms with van der Waals surface area (Å²) in [5.41, 5.74) is 3.69. The SMILES string of the molecule is Cc1sc2nc(SCC(=O)N3CCc4ccccc4C3)n(C3CCCC3)c(=O)c2c1C. The molecule has 1 saturated carbocycles. The van der Waals surface area contributed by atoms with Crippen molar-refractivity contribution in [1.82, 2.24) is 14.5 Å². The Kier molecular flexibility index (Phi) is 5.65. The molecule has 162 valence electrons. The molecule has 1 fully saturated rings. The van der Waals surface area contributed by atoms with E-state index >= 15 is 0 Å². The fraction of sp³-hybridized carbons (Fsp3) is 0.458. The van der Waals surface area contributed by atoms with Gasteiger partial charge >= 0.3 is 0 Å². The Labute approximate surface area is 190 Å². The number of hydrogen-bond acceptors (Lipinski definition) is 5. The molecule has 0 bridgehead atoms. The van der Waals surface area contributed by atoms with Crippen molar-refractivity contribution in [2.75, 3.05) is 12.3 Å². The van der Waals surface area contributed by atoms with E-state index in [9.17, 15) is 9.59 Å². The van der Waals surface area contributed by atoms with Crippen LogP contribution in [-0.4, -0.2) is 32.7 Å². The lowest BCUT2D eigenvalue weighted by Gasteiger charge is -2.29. The van der Waals surface area contributed by atoms with Gasteiger partial charge in [-0.25, -0.2) is 4.98 Å². The first kappa shape index (κ1) is 20.8. The molecule has 3 heterocycles. The number of carbonyl (C=O) groups excluding carboxylic acids is 1. The summed E-state index contributed by atoms with van der Waals surface area (Å²) in [6, 6.07) is 8.55. The molecule has 5 rings (SSSR count). The molecule has 2 aliphatic rings. The summed E-state index contributed by atoms with van der Waals surface area (Å²) in [6.07, 6.45) is 5.22. The summed E-state index contributed by atoms with van der Waals surface area (Å²) in [7, 11) is 0. The lowest BCUT2D eigenvalue weighted by Crippen LogP contribution is -2.37. The highest BCUT2D eigenvalue weighted by Gasteiger charge is 2.26. The molecule has 0 unspecified atom stereocenters. The third-order valence-electron chi connectivity index (χ3n) is 6.70. The normalized spacial score (nSPS) is 16.8. The topological polar surface area (TPSA) is 55.2 Å². The lowest BCUT2D eigenvalue weighted by atomic mass is 10.00. The first-order chi connectivity index (χ1) is 15.0. The molecule has 1 amide bonds. The quantitative estimate of drug-likeness (QED) is 0.418. The molecule has 1 aliphatic carbocycles. The van der Waals surface area contributed by atoms with E-state index in [1.807, 2.05) is 29.4 Å². The number of hydrogen-bond donors (Lipinski definition) is 0. The second kappa shape index (κ2) is 8.43. The zero-order chi connectivity index (χ0) is 21.5. The van der Waals surface area contributed by atoms with Crippen LogP contribution in [-0.2, 0) is 17.8 Å². The van der Waals surface area contributed by atoms with Crippen LogP contribution < -0.4 is 5.56 Å². The summed E-state index contributed by atoms with van der Waals surface area (Å²) < 4.78 is 1.90. The van der Waals surface area contributed by atoms with Crippen LogP contribution in [0.4, 0.5) is 0 Å². The van der Waals surface area contributed by atoms with E-state index in [0.29, 0.717) is 17.5 Å². The van der Waals surface area contributed by atoms with E-state index in [0.717, 1.165) is 59.3 Å². The van der Waals surface area contributed by atoms with Crippen molar-refractivity contribution >= 4 is 39.2 Å². The second-order valence-corrected chi connectivity index (χ2v) is 10.7. The highest BCUT2D eigenvalue weighted by atomic mass is 32.2. The molecule has 31 heavy (non-hydrogen) atoms. The number of aryl methyl sites for hydroxylation is 2. The van der Waals surface area contributed by atoms with Crippen molar-refractivity contribution in [1.29, 1.82) is 0 Å². The average molecular weight is 454 g/mol. The van der Waals surface area contributed by atoms with E-state index in [1.165, 1.54) is 22.9 Å². The van der Waals surface area contributed by atoms with Gasteiger partial charge in [0.05, 0.1) is 11.1 Å². The first-order valence-electron chi connectivity index (χ1n) is 11.0. The highest BCUT2D eigenvalue weighted by Crippen LogP contribution is 2.34. The van der Waals surface area contributed by atoms with Crippen molar-refractivity contribution in [3.63, 3.8) is 0 Å². The van der Waals surface area contributed by atoms with Crippen LogP contribution in [0.1, 0.15) is 53.3 Å². The molecule has 3 aromatic rings. The van der Waals surface area contributed by atoms with Crippen molar-refractivity contribution in [2.24, 2.45) is 0 Å². The van der Waals surface area contributed by atoms with E-state index in [4.69, 9.17) is 4.98 Å². The Bertz CT molecular complexity index is 1210. The molecule has 0 saturated heterocycles. The number of fused-ring (bicyclic) bond motifs is 2. The number of nitrogens with zero attached hydrogens (tertiary/aromatic N) is 3. The van der Waals surface area contributed by atoms with Gasteiger partial charge in [0.2, 0.25) is 5.91 Å². The zero-order valence-corrected chi connectivity index (χ0v) is 19.7. The van der Waals surface area contributed by atoms with Crippen LogP contribution in [0.2, 0.25) is 0 Å².